The molecule has 6 heteroatoms. The van der Waals surface area contributed by atoms with E-state index in [0.29, 0.717) is 18.0 Å². The summed E-state index contributed by atoms with van der Waals surface area (Å²) in [5.74, 6) is -1.02. The van der Waals surface area contributed by atoms with Gasteiger partial charge in [0.1, 0.15) is 4.88 Å². The average Bonchev–Trinajstić information content (AvgIpc) is 2.86. The highest BCUT2D eigenvalue weighted by Gasteiger charge is 2.21. The fourth-order valence-corrected chi connectivity index (χ4v) is 2.64. The van der Waals surface area contributed by atoms with Crippen molar-refractivity contribution < 1.29 is 19.4 Å². The number of carbonyl (C=O) groups is 2. The Morgan fingerprint density at radius 2 is 2.33 bits per heavy atom. The summed E-state index contributed by atoms with van der Waals surface area (Å²) in [5, 5.41) is 11.6. The second-order valence-corrected chi connectivity index (χ2v) is 5.37. The second kappa shape index (κ2) is 5.97. The van der Waals surface area contributed by atoms with Crippen LogP contribution in [0.5, 0.6) is 0 Å². The molecule has 98 valence electrons. The predicted molar refractivity (Wildman–Crippen MR) is 66.7 cm³/mol. The maximum Gasteiger partial charge on any atom is 0.345 e. The van der Waals surface area contributed by atoms with Gasteiger partial charge in [0.25, 0.3) is 0 Å². The number of aromatic carboxylic acids is 1. The lowest BCUT2D eigenvalue weighted by Gasteiger charge is -2.20. The van der Waals surface area contributed by atoms with Crippen LogP contribution >= 0.6 is 11.3 Å². The summed E-state index contributed by atoms with van der Waals surface area (Å²) in [7, 11) is 0. The highest BCUT2D eigenvalue weighted by atomic mass is 32.1. The summed E-state index contributed by atoms with van der Waals surface area (Å²) in [6.45, 7) is 1.60. The Balaban J connectivity index is 1.82. The Morgan fingerprint density at radius 3 is 2.94 bits per heavy atom. The van der Waals surface area contributed by atoms with E-state index in [4.69, 9.17) is 9.84 Å². The standard InChI is InChI=1S/C12H15NO4S/c14-11(8-2-1-5-17-7-8)13-6-9-3-4-10(18-9)12(15)16/h3-4,8H,1-2,5-7H2,(H,13,14)(H,15,16). The van der Waals surface area contributed by atoms with Crippen molar-refractivity contribution in [3.05, 3.63) is 21.9 Å². The van der Waals surface area contributed by atoms with Crippen LogP contribution in [0.1, 0.15) is 27.4 Å². The molecule has 1 fully saturated rings. The fraction of sp³-hybridized carbons (Fsp3) is 0.500. The Labute approximate surface area is 109 Å². The molecule has 0 aromatic carbocycles. The third kappa shape index (κ3) is 3.30. The van der Waals surface area contributed by atoms with E-state index in [1.165, 1.54) is 11.3 Å². The highest BCUT2D eigenvalue weighted by Crippen LogP contribution is 2.17. The first-order valence-electron chi connectivity index (χ1n) is 5.84. The first-order chi connectivity index (χ1) is 8.66. The maximum atomic E-state index is 11.8. The summed E-state index contributed by atoms with van der Waals surface area (Å²) in [6, 6.07) is 3.28. The zero-order valence-corrected chi connectivity index (χ0v) is 10.7. The number of nitrogens with one attached hydrogen (secondary N) is 1. The number of ether oxygens (including phenoxy) is 1. The van der Waals surface area contributed by atoms with Crippen LogP contribution in [-0.4, -0.2) is 30.2 Å². The van der Waals surface area contributed by atoms with E-state index in [1.54, 1.807) is 12.1 Å². The zero-order chi connectivity index (χ0) is 13.0. The number of rotatable bonds is 4. The molecule has 1 aliphatic rings. The minimum Gasteiger partial charge on any atom is -0.477 e. The smallest absolute Gasteiger partial charge is 0.345 e. The molecular formula is C12H15NO4S. The third-order valence-corrected chi connectivity index (χ3v) is 3.91. The van der Waals surface area contributed by atoms with E-state index in [-0.39, 0.29) is 11.8 Å². The zero-order valence-electron chi connectivity index (χ0n) is 9.85. The molecule has 2 rings (SSSR count). The number of carbonyl (C=O) groups excluding carboxylic acids is 1. The molecule has 0 radical (unpaired) electrons. The van der Waals surface area contributed by atoms with E-state index in [1.807, 2.05) is 0 Å². The molecule has 1 aromatic rings. The molecule has 0 saturated carbocycles. The SMILES string of the molecule is O=C(O)c1ccc(CNC(=O)C2CCCOC2)s1. The molecule has 0 spiro atoms. The lowest BCUT2D eigenvalue weighted by molar-refractivity contribution is -0.129. The number of carboxylic acids is 1. The van der Waals surface area contributed by atoms with Gasteiger partial charge in [0, 0.05) is 11.5 Å². The lowest BCUT2D eigenvalue weighted by Crippen LogP contribution is -2.35. The van der Waals surface area contributed by atoms with Crippen molar-refractivity contribution in [3.63, 3.8) is 0 Å². The molecule has 0 bridgehead atoms. The first-order valence-corrected chi connectivity index (χ1v) is 6.66. The minimum absolute atomic E-state index is 0.0139. The Bertz CT molecular complexity index is 437. The van der Waals surface area contributed by atoms with Gasteiger partial charge in [0.15, 0.2) is 0 Å². The summed E-state index contributed by atoms with van der Waals surface area (Å²) >= 11 is 1.18. The molecule has 18 heavy (non-hydrogen) atoms. The van der Waals surface area contributed by atoms with Crippen LogP contribution in [0.3, 0.4) is 0 Å². The average molecular weight is 269 g/mol. The topological polar surface area (TPSA) is 75.6 Å². The second-order valence-electron chi connectivity index (χ2n) is 4.20. The van der Waals surface area contributed by atoms with Crippen LogP contribution in [0.4, 0.5) is 0 Å². The molecule has 1 unspecified atom stereocenters. The van der Waals surface area contributed by atoms with Crippen LogP contribution in [0.2, 0.25) is 0 Å². The van der Waals surface area contributed by atoms with Crippen molar-refractivity contribution in [2.45, 2.75) is 19.4 Å². The van der Waals surface area contributed by atoms with E-state index >= 15 is 0 Å². The van der Waals surface area contributed by atoms with Crippen LogP contribution in [0.15, 0.2) is 12.1 Å². The maximum absolute atomic E-state index is 11.8. The molecule has 1 saturated heterocycles. The van der Waals surface area contributed by atoms with Crippen molar-refractivity contribution in [2.75, 3.05) is 13.2 Å². The van der Waals surface area contributed by atoms with Gasteiger partial charge >= 0.3 is 5.97 Å². The van der Waals surface area contributed by atoms with Gasteiger partial charge in [-0.1, -0.05) is 0 Å². The van der Waals surface area contributed by atoms with Crippen molar-refractivity contribution in [1.82, 2.24) is 5.32 Å². The molecule has 1 aromatic heterocycles. The van der Waals surface area contributed by atoms with Gasteiger partial charge < -0.3 is 15.2 Å². The van der Waals surface area contributed by atoms with Crippen molar-refractivity contribution >= 4 is 23.2 Å². The lowest BCUT2D eigenvalue weighted by atomic mass is 10.0. The number of carboxylic acid groups (broad SMARTS) is 1. The number of thiophene rings is 1. The Morgan fingerprint density at radius 1 is 1.50 bits per heavy atom. The van der Waals surface area contributed by atoms with Gasteiger partial charge in [-0.05, 0) is 25.0 Å². The van der Waals surface area contributed by atoms with Crippen LogP contribution in [0.25, 0.3) is 0 Å². The molecule has 5 nitrogen and oxygen atoms in total. The number of amides is 1. The number of hydrogen-bond acceptors (Lipinski definition) is 4. The molecule has 1 aliphatic heterocycles. The van der Waals surface area contributed by atoms with Crippen LogP contribution < -0.4 is 5.32 Å². The van der Waals surface area contributed by atoms with E-state index in [2.05, 4.69) is 5.32 Å². The molecule has 2 N–H and O–H groups in total. The fourth-order valence-electron chi connectivity index (χ4n) is 1.85. The highest BCUT2D eigenvalue weighted by molar-refractivity contribution is 7.13. The Kier molecular flexibility index (Phi) is 4.33. The third-order valence-electron chi connectivity index (χ3n) is 2.84. The normalized spacial score (nSPS) is 19.4. The van der Waals surface area contributed by atoms with Gasteiger partial charge in [-0.3, -0.25) is 4.79 Å². The quantitative estimate of drug-likeness (QED) is 0.868. The summed E-state index contributed by atoms with van der Waals surface area (Å²) in [5.41, 5.74) is 0. The summed E-state index contributed by atoms with van der Waals surface area (Å²) < 4.78 is 5.25. The number of hydrogen-bond donors (Lipinski definition) is 2. The van der Waals surface area contributed by atoms with E-state index < -0.39 is 5.97 Å². The molecule has 2 heterocycles. The molecule has 0 aliphatic carbocycles. The van der Waals surface area contributed by atoms with Crippen LogP contribution in [0, 0.1) is 5.92 Å². The van der Waals surface area contributed by atoms with E-state index in [9.17, 15) is 9.59 Å². The van der Waals surface area contributed by atoms with Gasteiger partial charge in [0.05, 0.1) is 19.1 Å². The molecule has 1 atom stereocenters. The van der Waals surface area contributed by atoms with Crippen molar-refractivity contribution in [2.24, 2.45) is 5.92 Å². The van der Waals surface area contributed by atoms with Crippen LogP contribution in [-0.2, 0) is 16.1 Å². The van der Waals surface area contributed by atoms with Crippen molar-refractivity contribution in [3.8, 4) is 0 Å². The largest absolute Gasteiger partial charge is 0.477 e. The predicted octanol–water partition coefficient (Wildman–Crippen LogP) is 1.49. The van der Waals surface area contributed by atoms with Crippen molar-refractivity contribution in [1.29, 1.82) is 0 Å². The monoisotopic (exact) mass is 269 g/mol. The van der Waals surface area contributed by atoms with Gasteiger partial charge in [-0.15, -0.1) is 11.3 Å². The minimum atomic E-state index is -0.932. The Hall–Kier alpha value is -1.40. The summed E-state index contributed by atoms with van der Waals surface area (Å²) in [6.07, 6.45) is 1.77. The van der Waals surface area contributed by atoms with Gasteiger partial charge in [-0.25, -0.2) is 4.79 Å². The van der Waals surface area contributed by atoms with Gasteiger partial charge in [0.2, 0.25) is 5.91 Å². The molecular weight excluding hydrogens is 254 g/mol. The summed E-state index contributed by atoms with van der Waals surface area (Å²) in [4.78, 5) is 23.7. The van der Waals surface area contributed by atoms with Gasteiger partial charge in [-0.2, -0.15) is 0 Å². The van der Waals surface area contributed by atoms with E-state index in [0.717, 1.165) is 24.3 Å². The first kappa shape index (κ1) is 13.0. The molecule has 1 amide bonds.